The van der Waals surface area contributed by atoms with Crippen molar-refractivity contribution in [3.05, 3.63) is 56.7 Å². The molecule has 0 saturated heterocycles. The minimum Gasteiger partial charge on any atom is -0.318 e. The summed E-state index contributed by atoms with van der Waals surface area (Å²) in [6.45, 7) is 3.36. The quantitative estimate of drug-likeness (QED) is 0.726. The second-order valence-corrected chi connectivity index (χ2v) is 6.78. The summed E-state index contributed by atoms with van der Waals surface area (Å²) < 4.78 is 1.06. The molecule has 1 aromatic heterocycles. The SMILES string of the molecule is C[N+]1(Cc2ccccc2Cl)CCc2sccc2C1. The number of hydrogen-bond acceptors (Lipinski definition) is 1. The molecule has 18 heavy (non-hydrogen) atoms. The van der Waals surface area contributed by atoms with Crippen LogP contribution < -0.4 is 0 Å². The highest BCUT2D eigenvalue weighted by Crippen LogP contribution is 2.30. The summed E-state index contributed by atoms with van der Waals surface area (Å²) in [7, 11) is 2.34. The van der Waals surface area contributed by atoms with Crippen molar-refractivity contribution in [2.75, 3.05) is 13.6 Å². The molecular weight excluding hydrogens is 262 g/mol. The molecule has 0 saturated carbocycles. The van der Waals surface area contributed by atoms with Gasteiger partial charge in [0.25, 0.3) is 0 Å². The Bertz CT molecular complexity index is 563. The Labute approximate surface area is 117 Å². The average Bonchev–Trinajstić information content (AvgIpc) is 2.79. The third kappa shape index (κ3) is 2.33. The van der Waals surface area contributed by atoms with Gasteiger partial charge in [-0.3, -0.25) is 0 Å². The minimum absolute atomic E-state index is 0.896. The fourth-order valence-corrected chi connectivity index (χ4v) is 3.85. The van der Waals surface area contributed by atoms with Crippen LogP contribution in [0.15, 0.2) is 35.7 Å². The highest BCUT2D eigenvalue weighted by Gasteiger charge is 2.29. The Hall–Kier alpha value is -0.830. The first-order valence-corrected chi connectivity index (χ1v) is 7.54. The Balaban J connectivity index is 1.83. The monoisotopic (exact) mass is 278 g/mol. The van der Waals surface area contributed by atoms with E-state index in [4.69, 9.17) is 11.6 Å². The molecule has 94 valence electrons. The lowest BCUT2D eigenvalue weighted by atomic mass is 10.1. The number of rotatable bonds is 2. The molecular formula is C15H17ClNS+. The van der Waals surface area contributed by atoms with Crippen molar-refractivity contribution in [1.82, 2.24) is 0 Å². The summed E-state index contributed by atoms with van der Waals surface area (Å²) in [5.74, 6) is 0. The van der Waals surface area contributed by atoms with Gasteiger partial charge in [0, 0.05) is 27.4 Å². The number of benzene rings is 1. The lowest BCUT2D eigenvalue weighted by molar-refractivity contribution is -0.937. The van der Waals surface area contributed by atoms with Crippen molar-refractivity contribution in [3.8, 4) is 0 Å². The summed E-state index contributed by atoms with van der Waals surface area (Å²) in [5, 5.41) is 3.11. The summed E-state index contributed by atoms with van der Waals surface area (Å²) in [6, 6.07) is 10.5. The van der Waals surface area contributed by atoms with E-state index in [1.165, 1.54) is 24.1 Å². The van der Waals surface area contributed by atoms with Crippen LogP contribution in [0, 0.1) is 0 Å². The topological polar surface area (TPSA) is 0 Å². The van der Waals surface area contributed by atoms with Gasteiger partial charge >= 0.3 is 0 Å². The van der Waals surface area contributed by atoms with Crippen molar-refractivity contribution >= 4 is 22.9 Å². The van der Waals surface area contributed by atoms with Gasteiger partial charge in [0.15, 0.2) is 0 Å². The van der Waals surface area contributed by atoms with E-state index in [0.29, 0.717) is 0 Å². The molecule has 1 unspecified atom stereocenters. The van der Waals surface area contributed by atoms with E-state index in [2.05, 4.69) is 30.6 Å². The zero-order valence-electron chi connectivity index (χ0n) is 10.5. The third-order valence-electron chi connectivity index (χ3n) is 3.78. The van der Waals surface area contributed by atoms with Gasteiger partial charge in [-0.25, -0.2) is 0 Å². The predicted octanol–water partition coefficient (Wildman–Crippen LogP) is 4.10. The molecule has 1 atom stereocenters. The van der Waals surface area contributed by atoms with Gasteiger partial charge in [-0.05, 0) is 17.5 Å². The molecule has 0 N–H and O–H groups in total. The standard InChI is InChI=1S/C15H17ClNS/c1-17(10-12-4-2-3-5-14(12)16)8-6-15-13(11-17)7-9-18-15/h2-5,7,9H,6,8,10-11H2,1H3/q+1. The Morgan fingerprint density at radius 3 is 2.94 bits per heavy atom. The largest absolute Gasteiger partial charge is 0.318 e. The Morgan fingerprint density at radius 1 is 1.28 bits per heavy atom. The maximum atomic E-state index is 6.28. The molecule has 0 fully saturated rings. The van der Waals surface area contributed by atoms with E-state index in [-0.39, 0.29) is 0 Å². The van der Waals surface area contributed by atoms with Crippen LogP contribution in [0.25, 0.3) is 0 Å². The lowest BCUT2D eigenvalue weighted by Crippen LogP contribution is -2.46. The Morgan fingerprint density at radius 2 is 2.11 bits per heavy atom. The molecule has 0 amide bonds. The van der Waals surface area contributed by atoms with E-state index in [1.807, 2.05) is 23.5 Å². The molecule has 1 aliphatic heterocycles. The molecule has 3 heteroatoms. The number of quaternary nitrogens is 1. The van der Waals surface area contributed by atoms with E-state index in [0.717, 1.165) is 22.6 Å². The smallest absolute Gasteiger partial charge is 0.106 e. The van der Waals surface area contributed by atoms with E-state index >= 15 is 0 Å². The van der Waals surface area contributed by atoms with Crippen LogP contribution in [0.2, 0.25) is 5.02 Å². The zero-order valence-corrected chi connectivity index (χ0v) is 12.1. The lowest BCUT2D eigenvalue weighted by Gasteiger charge is -2.38. The van der Waals surface area contributed by atoms with Crippen molar-refractivity contribution in [2.24, 2.45) is 0 Å². The first-order chi connectivity index (χ1) is 8.66. The second kappa shape index (κ2) is 4.69. The van der Waals surface area contributed by atoms with Crippen LogP contribution in [-0.2, 0) is 19.5 Å². The predicted molar refractivity (Wildman–Crippen MR) is 77.9 cm³/mol. The fourth-order valence-electron chi connectivity index (χ4n) is 2.76. The van der Waals surface area contributed by atoms with Gasteiger partial charge < -0.3 is 4.48 Å². The van der Waals surface area contributed by atoms with Gasteiger partial charge in [0.2, 0.25) is 0 Å². The maximum Gasteiger partial charge on any atom is 0.106 e. The maximum absolute atomic E-state index is 6.28. The zero-order chi connectivity index (χ0) is 12.6. The van der Waals surface area contributed by atoms with Crippen LogP contribution in [0.5, 0.6) is 0 Å². The van der Waals surface area contributed by atoms with Gasteiger partial charge in [-0.1, -0.05) is 29.8 Å². The first kappa shape index (κ1) is 12.2. The molecule has 0 aliphatic carbocycles. The molecule has 1 aromatic carbocycles. The van der Waals surface area contributed by atoms with Gasteiger partial charge in [-0.2, -0.15) is 0 Å². The Kier molecular flexibility index (Phi) is 3.18. The second-order valence-electron chi connectivity index (χ2n) is 5.37. The molecule has 0 bridgehead atoms. The van der Waals surface area contributed by atoms with Crippen molar-refractivity contribution in [3.63, 3.8) is 0 Å². The van der Waals surface area contributed by atoms with Crippen molar-refractivity contribution in [1.29, 1.82) is 0 Å². The van der Waals surface area contributed by atoms with Crippen LogP contribution in [0.3, 0.4) is 0 Å². The molecule has 1 aliphatic rings. The summed E-state index contributed by atoms with van der Waals surface area (Å²) >= 11 is 8.18. The van der Waals surface area contributed by atoms with Crippen molar-refractivity contribution in [2.45, 2.75) is 19.5 Å². The minimum atomic E-state index is 0.896. The average molecular weight is 279 g/mol. The fraction of sp³-hybridized carbons (Fsp3) is 0.333. The van der Waals surface area contributed by atoms with Gasteiger partial charge in [0.05, 0.1) is 13.6 Å². The highest BCUT2D eigenvalue weighted by molar-refractivity contribution is 7.10. The van der Waals surface area contributed by atoms with E-state index in [9.17, 15) is 0 Å². The molecule has 2 aromatic rings. The number of fused-ring (bicyclic) bond motifs is 1. The normalized spacial score (nSPS) is 22.8. The number of hydrogen-bond donors (Lipinski definition) is 0. The number of thiophene rings is 1. The van der Waals surface area contributed by atoms with Gasteiger partial charge in [-0.15, -0.1) is 11.3 Å². The molecule has 2 heterocycles. The van der Waals surface area contributed by atoms with E-state index in [1.54, 1.807) is 4.88 Å². The summed E-state index contributed by atoms with van der Waals surface area (Å²) in [4.78, 5) is 1.57. The number of halogens is 1. The molecule has 0 radical (unpaired) electrons. The van der Waals surface area contributed by atoms with Crippen LogP contribution >= 0.6 is 22.9 Å². The van der Waals surface area contributed by atoms with Crippen LogP contribution in [0.4, 0.5) is 0 Å². The van der Waals surface area contributed by atoms with E-state index < -0.39 is 0 Å². The van der Waals surface area contributed by atoms with Crippen molar-refractivity contribution < 1.29 is 4.48 Å². The first-order valence-electron chi connectivity index (χ1n) is 6.28. The van der Waals surface area contributed by atoms with Crippen LogP contribution in [-0.4, -0.2) is 18.1 Å². The summed E-state index contributed by atoms with van der Waals surface area (Å²) in [6.07, 6.45) is 1.20. The summed E-state index contributed by atoms with van der Waals surface area (Å²) in [5.41, 5.74) is 2.79. The number of likely N-dealkylation sites (N-methyl/N-ethyl adjacent to an activating group) is 1. The van der Waals surface area contributed by atoms with Crippen LogP contribution in [0.1, 0.15) is 16.0 Å². The molecule has 0 spiro atoms. The highest BCUT2D eigenvalue weighted by atomic mass is 35.5. The number of nitrogens with zero attached hydrogens (tertiary/aromatic N) is 1. The molecule has 1 nitrogen and oxygen atoms in total. The van der Waals surface area contributed by atoms with Gasteiger partial charge in [0.1, 0.15) is 13.1 Å². The third-order valence-corrected chi connectivity index (χ3v) is 5.17. The molecule has 3 rings (SSSR count).